The normalized spacial score (nSPS) is 16.9. The third kappa shape index (κ3) is 2.25. The van der Waals surface area contributed by atoms with Gasteiger partial charge in [-0.15, -0.1) is 0 Å². The highest BCUT2D eigenvalue weighted by Crippen LogP contribution is 2.34. The minimum Gasteiger partial charge on any atom is -0.504 e. The summed E-state index contributed by atoms with van der Waals surface area (Å²) in [5.74, 6) is -0.927. The van der Waals surface area contributed by atoms with E-state index in [9.17, 15) is 9.50 Å². The minimum absolute atomic E-state index is 0.0973. The van der Waals surface area contributed by atoms with E-state index < -0.39 is 5.82 Å². The maximum Gasteiger partial charge on any atom is 0.207 e. The van der Waals surface area contributed by atoms with E-state index in [0.29, 0.717) is 4.47 Å². The lowest BCUT2D eigenvalue weighted by molar-refractivity contribution is 0.198. The second-order valence-electron chi connectivity index (χ2n) is 3.73. The van der Waals surface area contributed by atoms with Gasteiger partial charge in [0.1, 0.15) is 0 Å². The number of ether oxygens (including phenoxy) is 1. The molecule has 1 fully saturated rings. The van der Waals surface area contributed by atoms with Crippen molar-refractivity contribution in [2.45, 2.75) is 31.8 Å². The molecule has 15 heavy (non-hydrogen) atoms. The van der Waals surface area contributed by atoms with Crippen LogP contribution in [0.25, 0.3) is 0 Å². The van der Waals surface area contributed by atoms with Gasteiger partial charge in [0, 0.05) is 0 Å². The van der Waals surface area contributed by atoms with E-state index in [2.05, 4.69) is 15.9 Å². The van der Waals surface area contributed by atoms with E-state index in [1.807, 2.05) is 0 Å². The summed E-state index contributed by atoms with van der Waals surface area (Å²) in [6.07, 6.45) is 4.30. The Hall–Kier alpha value is -0.770. The Balaban J connectivity index is 2.17. The lowest BCUT2D eigenvalue weighted by Gasteiger charge is -2.14. The van der Waals surface area contributed by atoms with Crippen molar-refractivity contribution < 1.29 is 14.2 Å². The number of hydrogen-bond acceptors (Lipinski definition) is 2. The molecule has 0 bridgehead atoms. The van der Waals surface area contributed by atoms with Crippen molar-refractivity contribution in [3.8, 4) is 11.5 Å². The second-order valence-corrected chi connectivity index (χ2v) is 4.59. The Morgan fingerprint density at radius 1 is 1.33 bits per heavy atom. The highest BCUT2D eigenvalue weighted by atomic mass is 79.9. The van der Waals surface area contributed by atoms with E-state index in [4.69, 9.17) is 4.74 Å². The van der Waals surface area contributed by atoms with Crippen LogP contribution in [0.2, 0.25) is 0 Å². The molecule has 2 nitrogen and oxygen atoms in total. The zero-order valence-electron chi connectivity index (χ0n) is 8.17. The van der Waals surface area contributed by atoms with Crippen molar-refractivity contribution in [2.24, 2.45) is 0 Å². The van der Waals surface area contributed by atoms with Gasteiger partial charge < -0.3 is 9.84 Å². The van der Waals surface area contributed by atoms with Gasteiger partial charge in [0.15, 0.2) is 11.5 Å². The molecule has 1 aliphatic carbocycles. The van der Waals surface area contributed by atoms with Crippen LogP contribution >= 0.6 is 15.9 Å². The molecule has 1 saturated carbocycles. The number of aromatic hydroxyl groups is 1. The van der Waals surface area contributed by atoms with Gasteiger partial charge in [-0.25, -0.2) is 0 Å². The first-order chi connectivity index (χ1) is 7.18. The van der Waals surface area contributed by atoms with Crippen LogP contribution in [-0.4, -0.2) is 11.2 Å². The quantitative estimate of drug-likeness (QED) is 0.893. The molecular formula is C11H12BrFO2. The Bertz CT molecular complexity index is 362. The van der Waals surface area contributed by atoms with Gasteiger partial charge in [-0.1, -0.05) is 0 Å². The van der Waals surface area contributed by atoms with Crippen molar-refractivity contribution in [3.05, 3.63) is 22.4 Å². The molecular weight excluding hydrogens is 263 g/mol. The first-order valence-electron chi connectivity index (χ1n) is 5.02. The predicted octanol–water partition coefficient (Wildman–Crippen LogP) is 3.62. The van der Waals surface area contributed by atoms with Crippen LogP contribution in [0.5, 0.6) is 11.5 Å². The van der Waals surface area contributed by atoms with Crippen LogP contribution in [0.15, 0.2) is 16.6 Å². The highest BCUT2D eigenvalue weighted by molar-refractivity contribution is 9.10. The SMILES string of the molecule is Oc1c(Br)ccc(OC2CCCC2)c1F. The average Bonchev–Trinajstić information content (AvgIpc) is 2.72. The molecule has 4 heteroatoms. The molecule has 0 saturated heterocycles. The molecule has 1 aromatic rings. The minimum atomic E-state index is -0.684. The van der Waals surface area contributed by atoms with Gasteiger partial charge in [0.05, 0.1) is 10.6 Å². The molecule has 0 heterocycles. The van der Waals surface area contributed by atoms with Crippen LogP contribution in [0.1, 0.15) is 25.7 Å². The largest absolute Gasteiger partial charge is 0.504 e. The van der Waals surface area contributed by atoms with Crippen LogP contribution < -0.4 is 4.74 Å². The van der Waals surface area contributed by atoms with Crippen molar-refractivity contribution >= 4 is 15.9 Å². The summed E-state index contributed by atoms with van der Waals surface area (Å²) < 4.78 is 19.3. The lowest BCUT2D eigenvalue weighted by atomic mass is 10.3. The van der Waals surface area contributed by atoms with Crippen LogP contribution in [-0.2, 0) is 0 Å². The average molecular weight is 275 g/mol. The second kappa shape index (κ2) is 4.39. The smallest absolute Gasteiger partial charge is 0.207 e. The topological polar surface area (TPSA) is 29.5 Å². The zero-order valence-corrected chi connectivity index (χ0v) is 9.76. The zero-order chi connectivity index (χ0) is 10.8. The fraction of sp³-hybridized carbons (Fsp3) is 0.455. The van der Waals surface area contributed by atoms with E-state index in [-0.39, 0.29) is 17.6 Å². The summed E-state index contributed by atoms with van der Waals surface area (Å²) in [5, 5.41) is 9.36. The molecule has 2 rings (SSSR count). The fourth-order valence-corrected chi connectivity index (χ4v) is 2.11. The van der Waals surface area contributed by atoms with Gasteiger partial charge in [-0.3, -0.25) is 0 Å². The lowest BCUT2D eigenvalue weighted by Crippen LogP contribution is -2.11. The molecule has 0 aromatic heterocycles. The Morgan fingerprint density at radius 2 is 2.00 bits per heavy atom. The Morgan fingerprint density at radius 3 is 2.67 bits per heavy atom. The third-order valence-corrected chi connectivity index (χ3v) is 3.27. The van der Waals surface area contributed by atoms with Crippen LogP contribution in [0.4, 0.5) is 4.39 Å². The highest BCUT2D eigenvalue weighted by Gasteiger charge is 2.20. The number of phenols is 1. The maximum atomic E-state index is 13.5. The summed E-state index contributed by atoms with van der Waals surface area (Å²) in [7, 11) is 0. The molecule has 1 aliphatic rings. The van der Waals surface area contributed by atoms with Crippen molar-refractivity contribution in [3.63, 3.8) is 0 Å². The van der Waals surface area contributed by atoms with E-state index in [0.717, 1.165) is 25.7 Å². The molecule has 0 atom stereocenters. The number of rotatable bonds is 2. The van der Waals surface area contributed by atoms with Gasteiger partial charge in [-0.05, 0) is 53.7 Å². The molecule has 0 aliphatic heterocycles. The summed E-state index contributed by atoms with van der Waals surface area (Å²) in [5.41, 5.74) is 0. The van der Waals surface area contributed by atoms with E-state index in [1.54, 1.807) is 6.07 Å². The van der Waals surface area contributed by atoms with Gasteiger partial charge >= 0.3 is 0 Å². The number of halogens is 2. The molecule has 1 aromatic carbocycles. The standard InChI is InChI=1S/C11H12BrFO2/c12-8-5-6-9(10(13)11(8)14)15-7-3-1-2-4-7/h5-7,14H,1-4H2. The van der Waals surface area contributed by atoms with Crippen LogP contribution in [0.3, 0.4) is 0 Å². The van der Waals surface area contributed by atoms with Crippen molar-refractivity contribution in [1.29, 1.82) is 0 Å². The van der Waals surface area contributed by atoms with Crippen molar-refractivity contribution in [2.75, 3.05) is 0 Å². The van der Waals surface area contributed by atoms with Gasteiger partial charge in [0.2, 0.25) is 5.82 Å². The van der Waals surface area contributed by atoms with Crippen molar-refractivity contribution in [1.82, 2.24) is 0 Å². The monoisotopic (exact) mass is 274 g/mol. The van der Waals surface area contributed by atoms with E-state index >= 15 is 0 Å². The molecule has 82 valence electrons. The van der Waals surface area contributed by atoms with E-state index in [1.165, 1.54) is 6.07 Å². The Labute approximate surface area is 96.2 Å². The Kier molecular flexibility index (Phi) is 3.14. The van der Waals surface area contributed by atoms with Gasteiger partial charge in [-0.2, -0.15) is 4.39 Å². The van der Waals surface area contributed by atoms with Gasteiger partial charge in [0.25, 0.3) is 0 Å². The summed E-state index contributed by atoms with van der Waals surface area (Å²) in [4.78, 5) is 0. The first-order valence-corrected chi connectivity index (χ1v) is 5.81. The fourth-order valence-electron chi connectivity index (χ4n) is 1.80. The molecule has 0 spiro atoms. The summed E-state index contributed by atoms with van der Waals surface area (Å²) >= 11 is 3.05. The number of hydrogen-bond donors (Lipinski definition) is 1. The summed E-state index contributed by atoms with van der Waals surface area (Å²) in [6, 6.07) is 3.13. The summed E-state index contributed by atoms with van der Waals surface area (Å²) in [6.45, 7) is 0. The molecule has 0 radical (unpaired) electrons. The molecule has 1 N–H and O–H groups in total. The predicted molar refractivity (Wildman–Crippen MR) is 58.6 cm³/mol. The maximum absolute atomic E-state index is 13.5. The third-order valence-electron chi connectivity index (χ3n) is 2.63. The molecule has 0 unspecified atom stereocenters. The molecule has 0 amide bonds. The number of phenolic OH excluding ortho intramolecular Hbond substituents is 1. The van der Waals surface area contributed by atoms with Crippen LogP contribution in [0, 0.1) is 5.82 Å². The number of benzene rings is 1. The first kappa shape index (κ1) is 10.7.